The molecule has 0 aliphatic heterocycles. The molecule has 1 aliphatic rings. The van der Waals surface area contributed by atoms with Crippen LogP contribution in [0.15, 0.2) is 24.4 Å². The molecule has 1 saturated carbocycles. The molecule has 1 aliphatic carbocycles. The van der Waals surface area contributed by atoms with Crippen LogP contribution in [0.3, 0.4) is 0 Å². The zero-order chi connectivity index (χ0) is 12.3. The second-order valence-electron chi connectivity index (χ2n) is 4.50. The number of carboxylic acids is 1. The van der Waals surface area contributed by atoms with Crippen molar-refractivity contribution in [1.82, 2.24) is 9.88 Å². The van der Waals surface area contributed by atoms with Crippen molar-refractivity contribution in [3.05, 3.63) is 30.1 Å². The third-order valence-corrected chi connectivity index (χ3v) is 3.21. The summed E-state index contributed by atoms with van der Waals surface area (Å²) in [6, 6.07) is 5.40. The highest BCUT2D eigenvalue weighted by molar-refractivity contribution is 5.74. The van der Waals surface area contributed by atoms with Crippen LogP contribution in [0.25, 0.3) is 0 Å². The number of aromatic nitrogens is 1. The van der Waals surface area contributed by atoms with E-state index in [1.54, 1.807) is 6.20 Å². The maximum absolute atomic E-state index is 11.3. The first-order chi connectivity index (χ1) is 8.22. The second kappa shape index (κ2) is 5.27. The maximum Gasteiger partial charge on any atom is 0.321 e. The van der Waals surface area contributed by atoms with Crippen molar-refractivity contribution in [3.63, 3.8) is 0 Å². The molecule has 0 saturated heterocycles. The topological polar surface area (TPSA) is 53.4 Å². The van der Waals surface area contributed by atoms with Crippen LogP contribution in [-0.2, 0) is 11.3 Å². The number of likely N-dealkylation sites (N-methyl/N-ethyl adjacent to an activating group) is 1. The molecule has 1 aromatic heterocycles. The van der Waals surface area contributed by atoms with Crippen LogP contribution in [0.5, 0.6) is 0 Å². The molecule has 1 unspecified atom stereocenters. The summed E-state index contributed by atoms with van der Waals surface area (Å²) >= 11 is 0. The van der Waals surface area contributed by atoms with Gasteiger partial charge in [0.1, 0.15) is 6.04 Å². The average molecular weight is 234 g/mol. The molecule has 4 nitrogen and oxygen atoms in total. The lowest BCUT2D eigenvalue weighted by Gasteiger charge is -2.27. The van der Waals surface area contributed by atoms with E-state index in [0.717, 1.165) is 25.1 Å². The molecule has 92 valence electrons. The Labute approximate surface area is 101 Å². The third kappa shape index (κ3) is 3.03. The molecular formula is C13H18N2O2. The SMILES string of the molecule is CCN(Cc1ccccn1)C(C(=O)O)C1CC1. The van der Waals surface area contributed by atoms with E-state index in [9.17, 15) is 9.90 Å². The minimum absolute atomic E-state index is 0.330. The zero-order valence-electron chi connectivity index (χ0n) is 10.0. The van der Waals surface area contributed by atoms with Gasteiger partial charge in [-0.05, 0) is 37.4 Å². The van der Waals surface area contributed by atoms with Gasteiger partial charge in [-0.15, -0.1) is 0 Å². The van der Waals surface area contributed by atoms with E-state index in [0.29, 0.717) is 12.5 Å². The van der Waals surface area contributed by atoms with E-state index in [4.69, 9.17) is 0 Å². The van der Waals surface area contributed by atoms with Crippen LogP contribution >= 0.6 is 0 Å². The molecule has 0 radical (unpaired) electrons. The number of rotatable bonds is 6. The summed E-state index contributed by atoms with van der Waals surface area (Å²) in [5.74, 6) is -0.374. The first-order valence-corrected chi connectivity index (χ1v) is 6.09. The van der Waals surface area contributed by atoms with Crippen molar-refractivity contribution in [2.45, 2.75) is 32.4 Å². The molecule has 1 aromatic rings. The summed E-state index contributed by atoms with van der Waals surface area (Å²) in [5.41, 5.74) is 0.932. The Morgan fingerprint density at radius 2 is 2.35 bits per heavy atom. The summed E-state index contributed by atoms with van der Waals surface area (Å²) in [7, 11) is 0. The molecular weight excluding hydrogens is 216 g/mol. The number of carboxylic acid groups (broad SMARTS) is 1. The highest BCUT2D eigenvalue weighted by Gasteiger charge is 2.39. The van der Waals surface area contributed by atoms with Gasteiger partial charge < -0.3 is 5.11 Å². The Morgan fingerprint density at radius 1 is 1.59 bits per heavy atom. The maximum atomic E-state index is 11.3. The lowest BCUT2D eigenvalue weighted by molar-refractivity contribution is -0.144. The van der Waals surface area contributed by atoms with E-state index in [1.165, 1.54) is 0 Å². The van der Waals surface area contributed by atoms with Crippen molar-refractivity contribution in [2.75, 3.05) is 6.54 Å². The van der Waals surface area contributed by atoms with Crippen molar-refractivity contribution in [2.24, 2.45) is 5.92 Å². The van der Waals surface area contributed by atoms with Gasteiger partial charge in [-0.25, -0.2) is 0 Å². The van der Waals surface area contributed by atoms with Crippen molar-refractivity contribution in [1.29, 1.82) is 0 Å². The van der Waals surface area contributed by atoms with E-state index < -0.39 is 5.97 Å². The number of pyridine rings is 1. The van der Waals surface area contributed by atoms with E-state index in [2.05, 4.69) is 4.98 Å². The van der Waals surface area contributed by atoms with E-state index in [-0.39, 0.29) is 6.04 Å². The summed E-state index contributed by atoms with van der Waals surface area (Å²) in [5, 5.41) is 9.30. The number of carbonyl (C=O) groups is 1. The molecule has 1 fully saturated rings. The van der Waals surface area contributed by atoms with Crippen LogP contribution in [0.4, 0.5) is 0 Å². The second-order valence-corrected chi connectivity index (χ2v) is 4.50. The molecule has 0 spiro atoms. The minimum Gasteiger partial charge on any atom is -0.480 e. The monoisotopic (exact) mass is 234 g/mol. The number of hydrogen-bond acceptors (Lipinski definition) is 3. The fourth-order valence-corrected chi connectivity index (χ4v) is 2.17. The molecule has 1 heterocycles. The summed E-state index contributed by atoms with van der Waals surface area (Å²) in [4.78, 5) is 17.6. The predicted octanol–water partition coefficient (Wildman–Crippen LogP) is 1.77. The quantitative estimate of drug-likeness (QED) is 0.815. The Hall–Kier alpha value is -1.42. The lowest BCUT2D eigenvalue weighted by Crippen LogP contribution is -2.42. The van der Waals surface area contributed by atoms with Crippen LogP contribution in [-0.4, -0.2) is 33.5 Å². The van der Waals surface area contributed by atoms with E-state index in [1.807, 2.05) is 30.0 Å². The van der Waals surface area contributed by atoms with Gasteiger partial charge in [-0.1, -0.05) is 13.0 Å². The Kier molecular flexibility index (Phi) is 3.74. The molecule has 1 N–H and O–H groups in total. The van der Waals surface area contributed by atoms with Crippen molar-refractivity contribution < 1.29 is 9.90 Å². The fourth-order valence-electron chi connectivity index (χ4n) is 2.17. The number of nitrogens with zero attached hydrogens (tertiary/aromatic N) is 2. The first kappa shape index (κ1) is 12.0. The van der Waals surface area contributed by atoms with Gasteiger partial charge in [0.25, 0.3) is 0 Å². The minimum atomic E-state index is -0.703. The first-order valence-electron chi connectivity index (χ1n) is 6.09. The van der Waals surface area contributed by atoms with Gasteiger partial charge in [0.05, 0.1) is 5.69 Å². The molecule has 17 heavy (non-hydrogen) atoms. The van der Waals surface area contributed by atoms with Crippen molar-refractivity contribution in [3.8, 4) is 0 Å². The smallest absolute Gasteiger partial charge is 0.321 e. The zero-order valence-corrected chi connectivity index (χ0v) is 10.0. The predicted molar refractivity (Wildman–Crippen MR) is 64.5 cm³/mol. The number of hydrogen-bond donors (Lipinski definition) is 1. The van der Waals surface area contributed by atoms with Crippen LogP contribution in [0, 0.1) is 5.92 Å². The molecule has 0 aromatic carbocycles. The Bertz CT molecular complexity index is 376. The van der Waals surface area contributed by atoms with Crippen LogP contribution in [0.1, 0.15) is 25.5 Å². The van der Waals surface area contributed by atoms with Crippen molar-refractivity contribution >= 4 is 5.97 Å². The summed E-state index contributed by atoms with van der Waals surface area (Å²) in [6.07, 6.45) is 3.82. The van der Waals surface area contributed by atoms with Crippen LogP contribution in [0.2, 0.25) is 0 Å². The molecule has 0 amide bonds. The highest BCUT2D eigenvalue weighted by Crippen LogP contribution is 2.35. The average Bonchev–Trinajstić information content (AvgIpc) is 3.13. The molecule has 2 rings (SSSR count). The number of aliphatic carboxylic acids is 1. The van der Waals surface area contributed by atoms with Gasteiger partial charge in [-0.2, -0.15) is 0 Å². The van der Waals surface area contributed by atoms with E-state index >= 15 is 0 Å². The largest absolute Gasteiger partial charge is 0.480 e. The highest BCUT2D eigenvalue weighted by atomic mass is 16.4. The molecule has 1 atom stereocenters. The standard InChI is InChI=1S/C13H18N2O2/c1-2-15(9-11-5-3-4-8-14-11)12(13(16)17)10-6-7-10/h3-5,8,10,12H,2,6-7,9H2,1H3,(H,16,17). The summed E-state index contributed by atoms with van der Waals surface area (Å²) in [6.45, 7) is 3.36. The third-order valence-electron chi connectivity index (χ3n) is 3.21. The fraction of sp³-hybridized carbons (Fsp3) is 0.538. The summed E-state index contributed by atoms with van der Waals surface area (Å²) < 4.78 is 0. The van der Waals surface area contributed by atoms with Crippen LogP contribution < -0.4 is 0 Å². The Balaban J connectivity index is 2.07. The Morgan fingerprint density at radius 3 is 2.82 bits per heavy atom. The van der Waals surface area contributed by atoms with Gasteiger partial charge in [-0.3, -0.25) is 14.7 Å². The normalized spacial score (nSPS) is 17.1. The lowest BCUT2D eigenvalue weighted by atomic mass is 10.1. The van der Waals surface area contributed by atoms with Gasteiger partial charge >= 0.3 is 5.97 Å². The molecule has 0 bridgehead atoms. The van der Waals surface area contributed by atoms with Gasteiger partial charge in [0, 0.05) is 12.7 Å². The van der Waals surface area contributed by atoms with Gasteiger partial charge in [0.15, 0.2) is 0 Å². The molecule has 4 heteroatoms. The van der Waals surface area contributed by atoms with Gasteiger partial charge in [0.2, 0.25) is 0 Å².